The van der Waals surface area contributed by atoms with Crippen molar-refractivity contribution in [1.29, 1.82) is 0 Å². The summed E-state index contributed by atoms with van der Waals surface area (Å²) in [6.45, 7) is 1.10. The normalized spacial score (nSPS) is 16.6. The fourth-order valence-corrected chi connectivity index (χ4v) is 4.78. The average molecular weight is 434 g/mol. The van der Waals surface area contributed by atoms with Crippen molar-refractivity contribution in [3.05, 3.63) is 65.6 Å². The van der Waals surface area contributed by atoms with Crippen LogP contribution in [0.4, 0.5) is 5.69 Å². The second-order valence-corrected chi connectivity index (χ2v) is 8.57. The highest BCUT2D eigenvalue weighted by Crippen LogP contribution is 2.30. The Morgan fingerprint density at radius 1 is 1.16 bits per heavy atom. The number of nitrogens with zero attached hydrogens (tertiary/aromatic N) is 4. The minimum Gasteiger partial charge on any atom is -0.497 e. The molecular formula is C23H23N5O2S. The summed E-state index contributed by atoms with van der Waals surface area (Å²) in [5.41, 5.74) is 4.01. The number of methoxy groups -OCH3 is 1. The van der Waals surface area contributed by atoms with Crippen LogP contribution in [0.15, 0.2) is 54.2 Å². The number of hydrogen-bond acceptors (Lipinski definition) is 6. The number of aromatic nitrogens is 3. The second-order valence-electron chi connectivity index (χ2n) is 7.71. The van der Waals surface area contributed by atoms with Crippen LogP contribution < -0.4 is 10.1 Å². The van der Waals surface area contributed by atoms with E-state index in [9.17, 15) is 4.79 Å². The molecule has 3 aromatic heterocycles. The fraction of sp³-hybridized carbons (Fsp3) is 0.261. The lowest BCUT2D eigenvalue weighted by Crippen LogP contribution is -2.17. The van der Waals surface area contributed by atoms with E-state index in [0.29, 0.717) is 17.4 Å². The van der Waals surface area contributed by atoms with E-state index in [0.717, 1.165) is 40.6 Å². The maximum absolute atomic E-state index is 12.7. The van der Waals surface area contributed by atoms with Crippen molar-refractivity contribution in [1.82, 2.24) is 19.3 Å². The molecule has 4 aromatic rings. The van der Waals surface area contributed by atoms with Crippen LogP contribution in [0.2, 0.25) is 0 Å². The number of amides is 1. The van der Waals surface area contributed by atoms with E-state index in [2.05, 4.69) is 28.4 Å². The van der Waals surface area contributed by atoms with Gasteiger partial charge >= 0.3 is 0 Å². The molecule has 8 heteroatoms. The van der Waals surface area contributed by atoms with Crippen LogP contribution in [-0.4, -0.2) is 45.9 Å². The van der Waals surface area contributed by atoms with Gasteiger partial charge in [0.2, 0.25) is 0 Å². The van der Waals surface area contributed by atoms with Crippen molar-refractivity contribution in [3.8, 4) is 16.3 Å². The lowest BCUT2D eigenvalue weighted by molar-refractivity contribution is 0.102. The molecule has 31 heavy (non-hydrogen) atoms. The van der Waals surface area contributed by atoms with Gasteiger partial charge < -0.3 is 14.5 Å². The zero-order chi connectivity index (χ0) is 21.4. The number of ether oxygens (including phenoxy) is 1. The number of carbonyl (C=O) groups is 1. The highest BCUT2D eigenvalue weighted by Gasteiger charge is 2.24. The van der Waals surface area contributed by atoms with Crippen LogP contribution in [0.25, 0.3) is 16.2 Å². The van der Waals surface area contributed by atoms with E-state index in [-0.39, 0.29) is 5.91 Å². The van der Waals surface area contributed by atoms with Crippen LogP contribution >= 0.6 is 11.3 Å². The lowest BCUT2D eigenvalue weighted by Gasteiger charge is -2.16. The molecule has 4 heterocycles. The van der Waals surface area contributed by atoms with Crippen LogP contribution in [-0.2, 0) is 0 Å². The molecular weight excluding hydrogens is 410 g/mol. The summed E-state index contributed by atoms with van der Waals surface area (Å²) < 4.78 is 7.16. The predicted octanol–water partition coefficient (Wildman–Crippen LogP) is 4.49. The average Bonchev–Trinajstić information content (AvgIpc) is 3.52. The van der Waals surface area contributed by atoms with Crippen LogP contribution in [0.3, 0.4) is 0 Å². The summed E-state index contributed by atoms with van der Waals surface area (Å²) in [4.78, 5) is 24.3. The number of rotatable bonds is 5. The van der Waals surface area contributed by atoms with Crippen molar-refractivity contribution < 1.29 is 9.53 Å². The molecule has 0 radical (unpaired) electrons. The van der Waals surface area contributed by atoms with Crippen molar-refractivity contribution in [2.45, 2.75) is 18.9 Å². The van der Waals surface area contributed by atoms with Gasteiger partial charge in [0, 0.05) is 23.3 Å². The number of pyridine rings is 1. The number of carbonyl (C=O) groups excluding carboxylic acids is 1. The molecule has 1 aliphatic rings. The Balaban J connectivity index is 1.32. The minimum absolute atomic E-state index is 0.230. The first-order valence-electron chi connectivity index (χ1n) is 10.2. The highest BCUT2D eigenvalue weighted by molar-refractivity contribution is 7.13. The molecule has 0 aliphatic carbocycles. The molecule has 1 saturated heterocycles. The molecule has 1 N–H and O–H groups in total. The van der Waals surface area contributed by atoms with E-state index >= 15 is 0 Å². The van der Waals surface area contributed by atoms with Gasteiger partial charge in [0.1, 0.15) is 22.1 Å². The van der Waals surface area contributed by atoms with E-state index in [1.807, 2.05) is 47.0 Å². The molecule has 1 unspecified atom stereocenters. The molecule has 0 saturated carbocycles. The molecule has 1 aliphatic heterocycles. The summed E-state index contributed by atoms with van der Waals surface area (Å²) in [5.74, 6) is 0.558. The second kappa shape index (κ2) is 8.13. The third-order valence-corrected chi connectivity index (χ3v) is 6.55. The minimum atomic E-state index is -0.230. The number of nitrogens with one attached hydrogen (secondary N) is 1. The SMILES string of the molecule is COc1ccc(-c2nc(C(=O)Nc3ccc4nc(C5CCCN5C)cn4c3)cs2)cc1. The molecule has 1 fully saturated rings. The third-order valence-electron chi connectivity index (χ3n) is 5.66. The Morgan fingerprint density at radius 3 is 2.74 bits per heavy atom. The van der Waals surface area contributed by atoms with Gasteiger partial charge in [-0.2, -0.15) is 0 Å². The summed E-state index contributed by atoms with van der Waals surface area (Å²) >= 11 is 1.44. The fourth-order valence-electron chi connectivity index (χ4n) is 3.97. The Morgan fingerprint density at radius 2 is 2.00 bits per heavy atom. The van der Waals surface area contributed by atoms with Crippen molar-refractivity contribution in [2.24, 2.45) is 0 Å². The van der Waals surface area contributed by atoms with Gasteiger partial charge in [-0.05, 0) is 62.8 Å². The Labute approximate surface area is 184 Å². The molecule has 1 aromatic carbocycles. The molecule has 0 spiro atoms. The predicted molar refractivity (Wildman–Crippen MR) is 122 cm³/mol. The summed E-state index contributed by atoms with van der Waals surface area (Å²) in [6, 6.07) is 11.8. The van der Waals surface area contributed by atoms with Crippen LogP contribution in [0.1, 0.15) is 35.1 Å². The first kappa shape index (κ1) is 19.7. The van der Waals surface area contributed by atoms with Gasteiger partial charge in [-0.1, -0.05) is 0 Å². The Bertz CT molecular complexity index is 1230. The topological polar surface area (TPSA) is 71.8 Å². The number of hydrogen-bond donors (Lipinski definition) is 1. The number of benzene rings is 1. The molecule has 0 bridgehead atoms. The van der Waals surface area contributed by atoms with Gasteiger partial charge in [-0.3, -0.25) is 9.69 Å². The maximum atomic E-state index is 12.7. The van der Waals surface area contributed by atoms with Crippen LogP contribution in [0.5, 0.6) is 5.75 Å². The van der Waals surface area contributed by atoms with E-state index in [4.69, 9.17) is 9.72 Å². The standard InChI is InChI=1S/C23H23N5O2S/c1-27-11-3-4-20(27)18-13-28-12-16(7-10-21(28)25-18)24-22(29)19-14-31-23(26-19)15-5-8-17(30-2)9-6-15/h5-10,12-14,20H,3-4,11H2,1-2H3,(H,24,29). The van der Waals surface area contributed by atoms with Gasteiger partial charge in [-0.25, -0.2) is 9.97 Å². The first-order valence-corrected chi connectivity index (χ1v) is 11.1. The largest absolute Gasteiger partial charge is 0.497 e. The van der Waals surface area contributed by atoms with E-state index in [1.165, 1.54) is 17.8 Å². The lowest BCUT2D eigenvalue weighted by atomic mass is 10.2. The summed E-state index contributed by atoms with van der Waals surface area (Å²) in [5, 5.41) is 5.52. The zero-order valence-corrected chi connectivity index (χ0v) is 18.2. The summed E-state index contributed by atoms with van der Waals surface area (Å²) in [6.07, 6.45) is 6.28. The van der Waals surface area contributed by atoms with Crippen molar-refractivity contribution in [3.63, 3.8) is 0 Å². The Kier molecular flexibility index (Phi) is 5.17. The van der Waals surface area contributed by atoms with Crippen LogP contribution in [0, 0.1) is 0 Å². The zero-order valence-electron chi connectivity index (χ0n) is 17.4. The van der Waals surface area contributed by atoms with Crippen molar-refractivity contribution >= 4 is 28.6 Å². The number of likely N-dealkylation sites (tertiary alicyclic amines) is 1. The monoisotopic (exact) mass is 433 g/mol. The van der Waals surface area contributed by atoms with Gasteiger partial charge in [-0.15, -0.1) is 11.3 Å². The molecule has 158 valence electrons. The number of imidazole rings is 1. The number of fused-ring (bicyclic) bond motifs is 1. The molecule has 5 rings (SSSR count). The molecule has 1 atom stereocenters. The number of thiazole rings is 1. The van der Waals surface area contributed by atoms with Crippen molar-refractivity contribution in [2.75, 3.05) is 26.0 Å². The maximum Gasteiger partial charge on any atom is 0.275 e. The first-order chi connectivity index (χ1) is 15.1. The third kappa shape index (κ3) is 3.92. The van der Waals surface area contributed by atoms with E-state index in [1.54, 1.807) is 12.5 Å². The van der Waals surface area contributed by atoms with Gasteiger partial charge in [0.25, 0.3) is 5.91 Å². The van der Waals surface area contributed by atoms with E-state index < -0.39 is 0 Å². The summed E-state index contributed by atoms with van der Waals surface area (Å²) in [7, 11) is 3.78. The highest BCUT2D eigenvalue weighted by atomic mass is 32.1. The number of anilines is 1. The Hall–Kier alpha value is -3.23. The van der Waals surface area contributed by atoms with Gasteiger partial charge in [0.15, 0.2) is 0 Å². The smallest absolute Gasteiger partial charge is 0.275 e. The molecule has 1 amide bonds. The molecule has 7 nitrogen and oxygen atoms in total. The van der Waals surface area contributed by atoms with Gasteiger partial charge in [0.05, 0.1) is 24.5 Å². The quantitative estimate of drug-likeness (QED) is 0.502.